The zero-order valence-electron chi connectivity index (χ0n) is 26.2. The van der Waals surface area contributed by atoms with Crippen molar-refractivity contribution < 1.29 is 0 Å². The van der Waals surface area contributed by atoms with Crippen LogP contribution >= 0.6 is 11.3 Å². The van der Waals surface area contributed by atoms with Crippen LogP contribution in [0.1, 0.15) is 0 Å². The van der Waals surface area contributed by atoms with Gasteiger partial charge in [-0.05, 0) is 59.3 Å². The van der Waals surface area contributed by atoms with E-state index >= 15 is 0 Å². The van der Waals surface area contributed by atoms with Crippen LogP contribution in [0.5, 0.6) is 0 Å². The fourth-order valence-electron chi connectivity index (χ4n) is 7.72. The molecule has 0 bridgehead atoms. The van der Waals surface area contributed by atoms with Gasteiger partial charge in [0.2, 0.25) is 0 Å². The van der Waals surface area contributed by atoms with E-state index in [0.29, 0.717) is 0 Å². The maximum atomic E-state index is 5.55. The maximum absolute atomic E-state index is 5.55. The molecule has 0 spiro atoms. The number of fused-ring (bicyclic) bond motifs is 10. The number of para-hydroxylation sites is 3. The predicted octanol–water partition coefficient (Wildman–Crippen LogP) is 11.9. The molecule has 0 fully saturated rings. The van der Waals surface area contributed by atoms with Crippen LogP contribution in [0.25, 0.3) is 97.6 Å². The first kappa shape index (κ1) is 26.7. The van der Waals surface area contributed by atoms with Crippen molar-refractivity contribution in [3.05, 3.63) is 158 Å². The smallest absolute Gasteiger partial charge is 0.166 e. The molecule has 0 aliphatic heterocycles. The molecule has 5 heteroatoms. The zero-order chi connectivity index (χ0) is 32.1. The minimum atomic E-state index is 0.835. The van der Waals surface area contributed by atoms with E-state index in [9.17, 15) is 0 Å². The Morgan fingerprint density at radius 2 is 1.04 bits per heavy atom. The van der Waals surface area contributed by atoms with Gasteiger partial charge in [0.1, 0.15) is 16.0 Å². The third-order valence-electron chi connectivity index (χ3n) is 9.91. The Labute approximate surface area is 284 Å². The Bertz CT molecular complexity index is 3110. The first-order valence-electron chi connectivity index (χ1n) is 16.5. The number of benzene rings is 7. The highest BCUT2D eigenvalue weighted by atomic mass is 32.1. The molecule has 49 heavy (non-hydrogen) atoms. The van der Waals surface area contributed by atoms with Gasteiger partial charge in [-0.1, -0.05) is 109 Å². The van der Waals surface area contributed by atoms with E-state index in [-0.39, 0.29) is 0 Å². The Kier molecular flexibility index (Phi) is 5.51. The highest BCUT2D eigenvalue weighted by Gasteiger charge is 2.22. The molecule has 228 valence electrons. The maximum Gasteiger partial charge on any atom is 0.166 e. The molecule has 4 nitrogen and oxygen atoms in total. The number of rotatable bonds is 3. The van der Waals surface area contributed by atoms with Gasteiger partial charge in [0.15, 0.2) is 5.82 Å². The number of thiophene rings is 1. The largest absolute Gasteiger partial charge is 0.309 e. The minimum Gasteiger partial charge on any atom is -0.309 e. The second kappa shape index (κ2) is 10.1. The van der Waals surface area contributed by atoms with Gasteiger partial charge < -0.3 is 4.57 Å². The van der Waals surface area contributed by atoms with Crippen LogP contribution in [0.15, 0.2) is 158 Å². The summed E-state index contributed by atoms with van der Waals surface area (Å²) >= 11 is 1.70. The zero-order valence-corrected chi connectivity index (χ0v) is 27.0. The summed E-state index contributed by atoms with van der Waals surface area (Å²) in [6.45, 7) is 0. The highest BCUT2D eigenvalue weighted by molar-refractivity contribution is 7.25. The molecule has 7 aromatic carbocycles. The van der Waals surface area contributed by atoms with E-state index in [1.165, 1.54) is 42.5 Å². The van der Waals surface area contributed by atoms with Crippen molar-refractivity contribution in [3.63, 3.8) is 0 Å². The molecule has 0 aliphatic rings. The van der Waals surface area contributed by atoms with E-state index in [1.807, 2.05) is 0 Å². The minimum absolute atomic E-state index is 0.835. The quantitative estimate of drug-likeness (QED) is 0.192. The third kappa shape index (κ3) is 3.85. The van der Waals surface area contributed by atoms with E-state index in [0.717, 1.165) is 55.0 Å². The Morgan fingerprint density at radius 3 is 1.86 bits per heavy atom. The summed E-state index contributed by atoms with van der Waals surface area (Å²) in [5.41, 5.74) is 8.51. The molecule has 0 aliphatic carbocycles. The van der Waals surface area contributed by atoms with Crippen molar-refractivity contribution in [1.29, 1.82) is 0 Å². The van der Waals surface area contributed by atoms with Crippen LogP contribution in [-0.4, -0.2) is 19.1 Å². The first-order chi connectivity index (χ1) is 24.3. The molecule has 0 saturated heterocycles. The molecule has 11 rings (SSSR count). The molecule has 11 aromatic rings. The predicted molar refractivity (Wildman–Crippen MR) is 207 cm³/mol. The van der Waals surface area contributed by atoms with E-state index in [2.05, 4.69) is 167 Å². The molecule has 0 radical (unpaired) electrons. The third-order valence-corrected chi connectivity index (χ3v) is 11.0. The molecule has 0 N–H and O–H groups in total. The van der Waals surface area contributed by atoms with Crippen LogP contribution in [0, 0.1) is 0 Å². The summed E-state index contributed by atoms with van der Waals surface area (Å²) < 4.78 is 5.89. The monoisotopic (exact) mass is 642 g/mol. The molecule has 0 saturated carbocycles. The van der Waals surface area contributed by atoms with Crippen molar-refractivity contribution in [2.45, 2.75) is 0 Å². The molecule has 0 unspecified atom stereocenters. The average molecular weight is 643 g/mol. The summed E-state index contributed by atoms with van der Waals surface area (Å²) in [4.78, 5) is 12.0. The molecule has 4 heterocycles. The fourth-order valence-corrected chi connectivity index (χ4v) is 8.73. The SMILES string of the molecule is c1ccc(-n2c3ccccc3c3ccc(-c4nc5c(nc4-n4c6ccccc6c6cc7ccccc7cc64)sc4ccccc45)cc32)cc1. The van der Waals surface area contributed by atoms with Crippen LogP contribution < -0.4 is 0 Å². The molecule has 0 atom stereocenters. The van der Waals surface area contributed by atoms with Gasteiger partial charge in [-0.15, -0.1) is 11.3 Å². The molecular formula is C44H26N4S. The Balaban J connectivity index is 1.28. The van der Waals surface area contributed by atoms with Crippen LogP contribution in [0.3, 0.4) is 0 Å². The van der Waals surface area contributed by atoms with Gasteiger partial charge in [-0.25, -0.2) is 9.97 Å². The van der Waals surface area contributed by atoms with Crippen molar-refractivity contribution in [3.8, 4) is 22.8 Å². The molecule has 0 amide bonds. The van der Waals surface area contributed by atoms with Gasteiger partial charge in [0, 0.05) is 42.9 Å². The van der Waals surface area contributed by atoms with Crippen molar-refractivity contribution in [2.75, 3.05) is 0 Å². The van der Waals surface area contributed by atoms with Gasteiger partial charge >= 0.3 is 0 Å². The normalized spacial score (nSPS) is 12.1. The number of hydrogen-bond donors (Lipinski definition) is 0. The number of aromatic nitrogens is 4. The topological polar surface area (TPSA) is 35.6 Å². The summed E-state index contributed by atoms with van der Waals surface area (Å²) in [7, 11) is 0. The second-order valence-corrected chi connectivity index (χ2v) is 13.7. The lowest BCUT2D eigenvalue weighted by molar-refractivity contribution is 1.09. The van der Waals surface area contributed by atoms with Crippen molar-refractivity contribution in [2.24, 2.45) is 0 Å². The summed E-state index contributed by atoms with van der Waals surface area (Å²) in [5.74, 6) is 0.835. The van der Waals surface area contributed by atoms with Crippen molar-refractivity contribution >= 4 is 86.2 Å². The first-order valence-corrected chi connectivity index (χ1v) is 17.3. The number of hydrogen-bond acceptors (Lipinski definition) is 3. The molecular weight excluding hydrogens is 617 g/mol. The van der Waals surface area contributed by atoms with Gasteiger partial charge in [0.25, 0.3) is 0 Å². The summed E-state index contributed by atoms with van der Waals surface area (Å²) in [6, 6.07) is 56.5. The lowest BCUT2D eigenvalue weighted by atomic mass is 10.1. The van der Waals surface area contributed by atoms with Gasteiger partial charge in [-0.3, -0.25) is 4.57 Å². The van der Waals surface area contributed by atoms with Crippen LogP contribution in [-0.2, 0) is 0 Å². The summed E-state index contributed by atoms with van der Waals surface area (Å²) in [5, 5.41) is 8.41. The molecule has 4 aromatic heterocycles. The van der Waals surface area contributed by atoms with E-state index < -0.39 is 0 Å². The second-order valence-electron chi connectivity index (χ2n) is 12.6. The average Bonchev–Trinajstić information content (AvgIpc) is 3.80. The van der Waals surface area contributed by atoms with E-state index in [4.69, 9.17) is 9.97 Å². The van der Waals surface area contributed by atoms with Crippen LogP contribution in [0.4, 0.5) is 0 Å². The number of nitrogens with zero attached hydrogens (tertiary/aromatic N) is 4. The van der Waals surface area contributed by atoms with Crippen LogP contribution in [0.2, 0.25) is 0 Å². The van der Waals surface area contributed by atoms with Gasteiger partial charge in [0.05, 0.1) is 22.1 Å². The van der Waals surface area contributed by atoms with Crippen molar-refractivity contribution in [1.82, 2.24) is 19.1 Å². The Hall–Kier alpha value is -6.30. The van der Waals surface area contributed by atoms with Gasteiger partial charge in [-0.2, -0.15) is 0 Å². The standard InChI is InChI=1S/C44H26N4S/c1-2-14-30(15-3-1)47-36-19-9-6-16-31(36)33-23-22-29(26-38(33)47)41-43(46-44-42(45-41)34-18-8-11-21-40(34)49-44)48-37-20-10-7-17-32(37)35-24-27-12-4-5-13-28(27)25-39(35)48/h1-26H. The van der Waals surface area contributed by atoms with E-state index in [1.54, 1.807) is 11.3 Å². The summed E-state index contributed by atoms with van der Waals surface area (Å²) in [6.07, 6.45) is 0. The lowest BCUT2D eigenvalue weighted by Gasteiger charge is -2.14. The lowest BCUT2D eigenvalue weighted by Crippen LogP contribution is -2.03. The fraction of sp³-hybridized carbons (Fsp3) is 0. The highest BCUT2D eigenvalue weighted by Crippen LogP contribution is 2.41. The Morgan fingerprint density at radius 1 is 0.429 bits per heavy atom.